The van der Waals surface area contributed by atoms with Crippen LogP contribution in [0.2, 0.25) is 0 Å². The first-order chi connectivity index (χ1) is 13.2. The number of carbonyl (C=O) groups is 1. The van der Waals surface area contributed by atoms with E-state index in [1.807, 2.05) is 68.4 Å². The minimum Gasteiger partial charge on any atom is -0.494 e. The number of hydrogen-bond donors (Lipinski definition) is 2. The Labute approximate surface area is 158 Å². The number of aromatic nitrogens is 2. The predicted molar refractivity (Wildman–Crippen MR) is 105 cm³/mol. The lowest BCUT2D eigenvalue weighted by Crippen LogP contribution is -2.27. The van der Waals surface area contributed by atoms with Crippen LogP contribution in [0, 0.1) is 0 Å². The molecule has 2 aromatic carbocycles. The maximum absolute atomic E-state index is 12.3. The normalized spacial score (nSPS) is 11.5. The average molecular weight is 362 g/mol. The van der Waals surface area contributed by atoms with E-state index < -0.39 is 0 Å². The molecule has 1 heterocycles. The van der Waals surface area contributed by atoms with Gasteiger partial charge in [0, 0.05) is 5.69 Å². The predicted octanol–water partition coefficient (Wildman–Crippen LogP) is 4.11. The lowest BCUT2D eigenvalue weighted by molar-refractivity contribution is 0.0934. The van der Waals surface area contributed by atoms with E-state index in [0.29, 0.717) is 12.4 Å². The second-order valence-corrected chi connectivity index (χ2v) is 5.98. The van der Waals surface area contributed by atoms with Gasteiger partial charge in [-0.1, -0.05) is 30.3 Å². The number of carbonyl (C=O) groups excluding carboxylic acids is 1. The smallest absolute Gasteiger partial charge is 0.271 e. The van der Waals surface area contributed by atoms with E-state index in [4.69, 9.17) is 4.74 Å². The number of anilines is 2. The molecule has 1 unspecified atom stereocenters. The van der Waals surface area contributed by atoms with Gasteiger partial charge in [-0.25, -0.2) is 9.97 Å². The van der Waals surface area contributed by atoms with Gasteiger partial charge >= 0.3 is 0 Å². The van der Waals surface area contributed by atoms with Crippen molar-refractivity contribution in [3.8, 4) is 5.75 Å². The van der Waals surface area contributed by atoms with Gasteiger partial charge in [0.25, 0.3) is 5.91 Å². The first-order valence-electron chi connectivity index (χ1n) is 8.83. The third-order valence-electron chi connectivity index (χ3n) is 3.97. The molecule has 0 aliphatic carbocycles. The maximum Gasteiger partial charge on any atom is 0.271 e. The van der Waals surface area contributed by atoms with Crippen LogP contribution in [0.25, 0.3) is 0 Å². The number of nitrogens with one attached hydrogen (secondary N) is 2. The molecular formula is C21H22N4O2. The molecule has 0 saturated heterocycles. The van der Waals surface area contributed by atoms with Crippen LogP contribution in [0.5, 0.6) is 5.75 Å². The lowest BCUT2D eigenvalue weighted by atomic mass is 10.1. The molecule has 0 saturated carbocycles. The van der Waals surface area contributed by atoms with Gasteiger partial charge < -0.3 is 15.4 Å². The van der Waals surface area contributed by atoms with Crippen LogP contribution < -0.4 is 15.4 Å². The van der Waals surface area contributed by atoms with Crippen LogP contribution >= 0.6 is 0 Å². The zero-order chi connectivity index (χ0) is 19.1. The minimum atomic E-state index is -0.258. The summed E-state index contributed by atoms with van der Waals surface area (Å²) in [6.45, 7) is 4.51. The molecular weight excluding hydrogens is 340 g/mol. The summed E-state index contributed by atoms with van der Waals surface area (Å²) in [6.07, 6.45) is 3.00. The van der Waals surface area contributed by atoms with Crippen molar-refractivity contribution in [3.05, 3.63) is 78.2 Å². The number of ether oxygens (including phenoxy) is 1. The summed E-state index contributed by atoms with van der Waals surface area (Å²) in [5.74, 6) is 1.12. The van der Waals surface area contributed by atoms with E-state index in [-0.39, 0.29) is 17.6 Å². The van der Waals surface area contributed by atoms with E-state index in [2.05, 4.69) is 20.6 Å². The van der Waals surface area contributed by atoms with Gasteiger partial charge in [0.05, 0.1) is 25.0 Å². The first kappa shape index (κ1) is 18.4. The molecule has 6 heteroatoms. The van der Waals surface area contributed by atoms with Crippen LogP contribution in [0.3, 0.4) is 0 Å². The number of nitrogens with zero attached hydrogens (tertiary/aromatic N) is 2. The third-order valence-corrected chi connectivity index (χ3v) is 3.97. The number of hydrogen-bond acceptors (Lipinski definition) is 5. The van der Waals surface area contributed by atoms with Crippen molar-refractivity contribution in [3.63, 3.8) is 0 Å². The number of rotatable bonds is 7. The van der Waals surface area contributed by atoms with Crippen molar-refractivity contribution in [1.29, 1.82) is 0 Å². The van der Waals surface area contributed by atoms with Gasteiger partial charge in [-0.15, -0.1) is 0 Å². The topological polar surface area (TPSA) is 76.1 Å². The summed E-state index contributed by atoms with van der Waals surface area (Å²) in [4.78, 5) is 20.8. The average Bonchev–Trinajstić information content (AvgIpc) is 2.71. The minimum absolute atomic E-state index is 0.109. The van der Waals surface area contributed by atoms with E-state index in [1.165, 1.54) is 6.20 Å². The van der Waals surface area contributed by atoms with E-state index in [0.717, 1.165) is 17.0 Å². The molecule has 0 aliphatic heterocycles. The summed E-state index contributed by atoms with van der Waals surface area (Å²) in [5, 5.41) is 6.07. The van der Waals surface area contributed by atoms with Crippen LogP contribution in [0.4, 0.5) is 11.5 Å². The molecule has 1 atom stereocenters. The largest absolute Gasteiger partial charge is 0.494 e. The third kappa shape index (κ3) is 5.04. The monoisotopic (exact) mass is 362 g/mol. The quantitative estimate of drug-likeness (QED) is 0.661. The molecule has 0 fully saturated rings. The zero-order valence-electron chi connectivity index (χ0n) is 15.3. The molecule has 0 spiro atoms. The molecule has 27 heavy (non-hydrogen) atoms. The molecule has 3 rings (SSSR count). The van der Waals surface area contributed by atoms with Crippen molar-refractivity contribution < 1.29 is 9.53 Å². The van der Waals surface area contributed by atoms with Crippen LogP contribution in [-0.2, 0) is 0 Å². The van der Waals surface area contributed by atoms with Gasteiger partial charge in [-0.3, -0.25) is 4.79 Å². The molecule has 138 valence electrons. The van der Waals surface area contributed by atoms with Crippen molar-refractivity contribution in [2.75, 3.05) is 11.9 Å². The van der Waals surface area contributed by atoms with Gasteiger partial charge in [0.15, 0.2) is 0 Å². The Morgan fingerprint density at radius 1 is 1.04 bits per heavy atom. The summed E-state index contributed by atoms with van der Waals surface area (Å²) in [7, 11) is 0. The van der Waals surface area contributed by atoms with Crippen LogP contribution in [0.1, 0.15) is 35.9 Å². The highest BCUT2D eigenvalue weighted by Gasteiger charge is 2.13. The Hall–Kier alpha value is -3.41. The highest BCUT2D eigenvalue weighted by molar-refractivity contribution is 5.92. The molecule has 1 amide bonds. The molecule has 0 bridgehead atoms. The fourth-order valence-electron chi connectivity index (χ4n) is 2.55. The molecule has 2 N–H and O–H groups in total. The van der Waals surface area contributed by atoms with Gasteiger partial charge in [0.1, 0.15) is 17.3 Å². The SMILES string of the molecule is CCOc1ccc(Nc2cnc(C(=O)NC(C)c3ccccc3)cn2)cc1. The Morgan fingerprint density at radius 2 is 1.78 bits per heavy atom. The van der Waals surface area contributed by atoms with Crippen molar-refractivity contribution in [1.82, 2.24) is 15.3 Å². The standard InChI is InChI=1S/C21H22N4O2/c1-3-27-18-11-9-17(10-12-18)25-20-14-22-19(13-23-20)21(26)24-15(2)16-7-5-4-6-8-16/h4-15H,3H2,1-2H3,(H,23,25)(H,24,26). The highest BCUT2D eigenvalue weighted by atomic mass is 16.5. The van der Waals surface area contributed by atoms with Crippen molar-refractivity contribution in [2.45, 2.75) is 19.9 Å². The molecule has 3 aromatic rings. The summed E-state index contributed by atoms with van der Waals surface area (Å²) in [6, 6.07) is 17.2. The number of amides is 1. The van der Waals surface area contributed by atoms with Crippen LogP contribution in [0.15, 0.2) is 67.0 Å². The Morgan fingerprint density at radius 3 is 2.41 bits per heavy atom. The molecule has 0 aliphatic rings. The summed E-state index contributed by atoms with van der Waals surface area (Å²) < 4.78 is 5.42. The van der Waals surface area contributed by atoms with Gasteiger partial charge in [-0.05, 0) is 43.7 Å². The summed E-state index contributed by atoms with van der Waals surface area (Å²) in [5.41, 5.74) is 2.17. The van der Waals surface area contributed by atoms with E-state index in [1.54, 1.807) is 6.20 Å². The second-order valence-electron chi connectivity index (χ2n) is 5.98. The Bertz CT molecular complexity index is 865. The van der Waals surface area contributed by atoms with Crippen molar-refractivity contribution >= 4 is 17.4 Å². The van der Waals surface area contributed by atoms with Gasteiger partial charge in [-0.2, -0.15) is 0 Å². The number of benzene rings is 2. The van der Waals surface area contributed by atoms with E-state index in [9.17, 15) is 4.79 Å². The first-order valence-corrected chi connectivity index (χ1v) is 8.83. The van der Waals surface area contributed by atoms with Crippen molar-refractivity contribution in [2.24, 2.45) is 0 Å². The highest BCUT2D eigenvalue weighted by Crippen LogP contribution is 2.18. The fraction of sp³-hybridized carbons (Fsp3) is 0.190. The maximum atomic E-state index is 12.3. The van der Waals surface area contributed by atoms with Crippen LogP contribution in [-0.4, -0.2) is 22.5 Å². The van der Waals surface area contributed by atoms with E-state index >= 15 is 0 Å². The Kier molecular flexibility index (Phi) is 5.99. The molecule has 0 radical (unpaired) electrons. The fourth-order valence-corrected chi connectivity index (χ4v) is 2.55. The summed E-state index contributed by atoms with van der Waals surface area (Å²) >= 11 is 0. The van der Waals surface area contributed by atoms with Gasteiger partial charge in [0.2, 0.25) is 0 Å². The Balaban J connectivity index is 1.60. The molecule has 1 aromatic heterocycles. The second kappa shape index (κ2) is 8.80. The lowest BCUT2D eigenvalue weighted by Gasteiger charge is -2.14. The molecule has 6 nitrogen and oxygen atoms in total. The zero-order valence-corrected chi connectivity index (χ0v) is 15.3.